The van der Waals surface area contributed by atoms with Crippen LogP contribution in [-0.2, 0) is 6.54 Å². The number of nitrogen functional groups attached to an aromatic ring is 1. The van der Waals surface area contributed by atoms with Crippen molar-refractivity contribution >= 4 is 11.6 Å². The predicted octanol–water partition coefficient (Wildman–Crippen LogP) is 2.40. The number of nitrogens with zero attached hydrogens (tertiary/aromatic N) is 1. The highest BCUT2D eigenvalue weighted by atomic mass is 16.1. The van der Waals surface area contributed by atoms with Gasteiger partial charge in [-0.2, -0.15) is 0 Å². The zero-order valence-corrected chi connectivity index (χ0v) is 11.1. The quantitative estimate of drug-likeness (QED) is 0.841. The number of nitrogens with two attached hydrogens (primary N) is 1. The van der Waals surface area contributed by atoms with E-state index in [1.165, 1.54) is 25.7 Å². The van der Waals surface area contributed by atoms with Crippen LogP contribution in [0.4, 0.5) is 5.69 Å². The van der Waals surface area contributed by atoms with Crippen molar-refractivity contribution < 1.29 is 4.79 Å². The average molecular weight is 249 g/mol. The Kier molecular flexibility index (Phi) is 4.28. The molecule has 3 N–H and O–H groups in total. The standard InChI is InChI=1S/C14H23N3O/c1-2-7-17-10-12(15)8-13(17)14(18)16-9-11-5-3-4-6-11/h8,10-11H,2-7,9,15H2,1H3,(H,16,18). The Morgan fingerprint density at radius 2 is 2.22 bits per heavy atom. The highest BCUT2D eigenvalue weighted by Gasteiger charge is 2.17. The first-order chi connectivity index (χ1) is 8.70. The Balaban J connectivity index is 1.94. The zero-order valence-electron chi connectivity index (χ0n) is 11.1. The average Bonchev–Trinajstić information content (AvgIpc) is 2.96. The molecule has 0 bridgehead atoms. The maximum absolute atomic E-state index is 12.1. The molecule has 4 nitrogen and oxygen atoms in total. The first-order valence-corrected chi connectivity index (χ1v) is 6.94. The highest BCUT2D eigenvalue weighted by molar-refractivity contribution is 5.93. The summed E-state index contributed by atoms with van der Waals surface area (Å²) in [5.41, 5.74) is 7.11. The molecule has 0 radical (unpaired) electrons. The number of hydrogen-bond donors (Lipinski definition) is 2. The molecular formula is C14H23N3O. The van der Waals surface area contributed by atoms with E-state index < -0.39 is 0 Å². The smallest absolute Gasteiger partial charge is 0.267 e. The molecule has 1 aliphatic carbocycles. The first-order valence-electron chi connectivity index (χ1n) is 6.94. The van der Waals surface area contributed by atoms with Gasteiger partial charge in [-0.15, -0.1) is 0 Å². The van der Waals surface area contributed by atoms with Gasteiger partial charge in [0, 0.05) is 19.3 Å². The largest absolute Gasteiger partial charge is 0.397 e. The van der Waals surface area contributed by atoms with Crippen molar-refractivity contribution in [2.75, 3.05) is 12.3 Å². The fourth-order valence-electron chi connectivity index (χ4n) is 2.69. The molecule has 1 heterocycles. The van der Waals surface area contributed by atoms with Crippen LogP contribution in [0, 0.1) is 5.92 Å². The van der Waals surface area contributed by atoms with Crippen LogP contribution in [0.3, 0.4) is 0 Å². The van der Waals surface area contributed by atoms with E-state index in [4.69, 9.17) is 5.73 Å². The molecule has 1 fully saturated rings. The van der Waals surface area contributed by atoms with Crippen LogP contribution < -0.4 is 11.1 Å². The van der Waals surface area contributed by atoms with Gasteiger partial charge in [0.15, 0.2) is 0 Å². The van der Waals surface area contributed by atoms with Crippen molar-refractivity contribution in [1.82, 2.24) is 9.88 Å². The van der Waals surface area contributed by atoms with Crippen LogP contribution >= 0.6 is 0 Å². The molecule has 0 atom stereocenters. The fraction of sp³-hybridized carbons (Fsp3) is 0.643. The van der Waals surface area contributed by atoms with E-state index in [0.29, 0.717) is 17.3 Å². The molecular weight excluding hydrogens is 226 g/mol. The van der Waals surface area contributed by atoms with Crippen LogP contribution in [0.25, 0.3) is 0 Å². The van der Waals surface area contributed by atoms with Crippen LogP contribution in [0.5, 0.6) is 0 Å². The van der Waals surface area contributed by atoms with Crippen molar-refractivity contribution in [1.29, 1.82) is 0 Å². The molecule has 1 amide bonds. The lowest BCUT2D eigenvalue weighted by molar-refractivity contribution is 0.0938. The SMILES string of the molecule is CCCn1cc(N)cc1C(=O)NCC1CCCC1. The van der Waals surface area contributed by atoms with Crippen LogP contribution in [0.2, 0.25) is 0 Å². The van der Waals surface area contributed by atoms with Gasteiger partial charge in [0.1, 0.15) is 5.69 Å². The van der Waals surface area contributed by atoms with E-state index >= 15 is 0 Å². The predicted molar refractivity (Wildman–Crippen MR) is 73.4 cm³/mol. The van der Waals surface area contributed by atoms with Crippen molar-refractivity contribution in [2.45, 2.75) is 45.6 Å². The Hall–Kier alpha value is -1.45. The van der Waals surface area contributed by atoms with Crippen molar-refractivity contribution in [3.05, 3.63) is 18.0 Å². The minimum Gasteiger partial charge on any atom is -0.397 e. The minimum atomic E-state index is 0.00653. The van der Waals surface area contributed by atoms with Gasteiger partial charge in [-0.3, -0.25) is 4.79 Å². The number of aromatic nitrogens is 1. The molecule has 0 aliphatic heterocycles. The number of anilines is 1. The summed E-state index contributed by atoms with van der Waals surface area (Å²) in [6.07, 6.45) is 7.95. The van der Waals surface area contributed by atoms with E-state index in [1.54, 1.807) is 6.07 Å². The summed E-state index contributed by atoms with van der Waals surface area (Å²) in [5, 5.41) is 3.04. The third-order valence-electron chi connectivity index (χ3n) is 3.64. The van der Waals surface area contributed by atoms with E-state index in [9.17, 15) is 4.79 Å². The summed E-state index contributed by atoms with van der Waals surface area (Å²) >= 11 is 0. The molecule has 1 aliphatic rings. The summed E-state index contributed by atoms with van der Waals surface area (Å²) in [6.45, 7) is 3.73. The van der Waals surface area contributed by atoms with Gasteiger partial charge in [0.2, 0.25) is 0 Å². The number of rotatable bonds is 5. The molecule has 1 saturated carbocycles. The zero-order chi connectivity index (χ0) is 13.0. The summed E-state index contributed by atoms with van der Waals surface area (Å²) in [5.74, 6) is 0.674. The Morgan fingerprint density at radius 3 is 2.89 bits per heavy atom. The lowest BCUT2D eigenvalue weighted by Gasteiger charge is -2.12. The Labute approximate surface area is 109 Å². The fourth-order valence-corrected chi connectivity index (χ4v) is 2.69. The normalized spacial score (nSPS) is 16.1. The summed E-state index contributed by atoms with van der Waals surface area (Å²) < 4.78 is 1.94. The van der Waals surface area contributed by atoms with Gasteiger partial charge < -0.3 is 15.6 Å². The lowest BCUT2D eigenvalue weighted by Crippen LogP contribution is -2.30. The second-order valence-corrected chi connectivity index (χ2v) is 5.21. The second-order valence-electron chi connectivity index (χ2n) is 5.21. The highest BCUT2D eigenvalue weighted by Crippen LogP contribution is 2.23. The van der Waals surface area contributed by atoms with Crippen LogP contribution in [0.15, 0.2) is 12.3 Å². The molecule has 1 aromatic heterocycles. The molecule has 4 heteroatoms. The molecule has 2 rings (SSSR count). The lowest BCUT2D eigenvalue weighted by atomic mass is 10.1. The van der Waals surface area contributed by atoms with E-state index in [1.807, 2.05) is 10.8 Å². The van der Waals surface area contributed by atoms with E-state index in [0.717, 1.165) is 19.5 Å². The van der Waals surface area contributed by atoms with E-state index in [-0.39, 0.29) is 5.91 Å². The van der Waals surface area contributed by atoms with Gasteiger partial charge in [-0.1, -0.05) is 19.8 Å². The van der Waals surface area contributed by atoms with E-state index in [2.05, 4.69) is 12.2 Å². The number of nitrogens with one attached hydrogen (secondary N) is 1. The molecule has 0 spiro atoms. The number of aryl methyl sites for hydroxylation is 1. The van der Waals surface area contributed by atoms with Gasteiger partial charge in [0.25, 0.3) is 5.91 Å². The number of carbonyl (C=O) groups excluding carboxylic acids is 1. The molecule has 0 aromatic carbocycles. The number of hydrogen-bond acceptors (Lipinski definition) is 2. The van der Waals surface area contributed by atoms with Crippen LogP contribution in [-0.4, -0.2) is 17.0 Å². The van der Waals surface area contributed by atoms with Gasteiger partial charge in [-0.05, 0) is 31.2 Å². The third-order valence-corrected chi connectivity index (χ3v) is 3.64. The van der Waals surface area contributed by atoms with Gasteiger partial charge in [-0.25, -0.2) is 0 Å². The topological polar surface area (TPSA) is 60.0 Å². The number of carbonyl (C=O) groups is 1. The van der Waals surface area contributed by atoms with Crippen molar-refractivity contribution in [3.63, 3.8) is 0 Å². The van der Waals surface area contributed by atoms with Crippen LogP contribution in [0.1, 0.15) is 49.5 Å². The monoisotopic (exact) mass is 249 g/mol. The summed E-state index contributed by atoms with van der Waals surface area (Å²) in [4.78, 5) is 12.1. The summed E-state index contributed by atoms with van der Waals surface area (Å²) in [6, 6.07) is 1.76. The Morgan fingerprint density at radius 1 is 1.50 bits per heavy atom. The minimum absolute atomic E-state index is 0.00653. The second kappa shape index (κ2) is 5.94. The molecule has 0 saturated heterocycles. The number of amides is 1. The molecule has 0 unspecified atom stereocenters. The van der Waals surface area contributed by atoms with Crippen molar-refractivity contribution in [3.8, 4) is 0 Å². The Bertz CT molecular complexity index is 405. The first kappa shape index (κ1) is 13.0. The maximum Gasteiger partial charge on any atom is 0.267 e. The van der Waals surface area contributed by atoms with Gasteiger partial charge in [0.05, 0.1) is 5.69 Å². The third kappa shape index (κ3) is 3.06. The molecule has 100 valence electrons. The summed E-state index contributed by atoms with van der Waals surface area (Å²) in [7, 11) is 0. The van der Waals surface area contributed by atoms with Crippen molar-refractivity contribution in [2.24, 2.45) is 5.92 Å². The molecule has 18 heavy (non-hydrogen) atoms. The van der Waals surface area contributed by atoms with Gasteiger partial charge >= 0.3 is 0 Å². The molecule has 1 aromatic rings. The maximum atomic E-state index is 12.1.